The third-order valence-corrected chi connectivity index (χ3v) is 10.8. The summed E-state index contributed by atoms with van der Waals surface area (Å²) >= 11 is 0. The number of carbonyl (C=O) groups excluding carboxylic acids is 3. The molecule has 4 aliphatic rings. The Balaban J connectivity index is 1.57. The molecule has 32 heavy (non-hydrogen) atoms. The quantitative estimate of drug-likeness (QED) is 0.471. The second-order valence-electron chi connectivity index (χ2n) is 12.1. The number of ketones is 2. The lowest BCUT2D eigenvalue weighted by Crippen LogP contribution is -2.60. The molecule has 0 N–H and O–H groups in total. The fourth-order valence-electron chi connectivity index (χ4n) is 9.20. The van der Waals surface area contributed by atoms with Crippen molar-refractivity contribution in [1.29, 1.82) is 0 Å². The first-order chi connectivity index (χ1) is 15.2. The van der Waals surface area contributed by atoms with Crippen LogP contribution in [0.3, 0.4) is 0 Å². The molecule has 0 aromatic carbocycles. The number of Topliss-reactive ketones (excluding diaryl/α,β-unsaturated/α-hetero) is 2. The molecule has 4 aliphatic carbocycles. The second kappa shape index (κ2) is 8.87. The van der Waals surface area contributed by atoms with Gasteiger partial charge >= 0.3 is 5.97 Å². The zero-order valence-corrected chi connectivity index (χ0v) is 21.0. The highest BCUT2D eigenvalue weighted by Gasteiger charge is 2.65. The van der Waals surface area contributed by atoms with Gasteiger partial charge in [0.25, 0.3) is 0 Å². The minimum absolute atomic E-state index is 0.0631. The van der Waals surface area contributed by atoms with Gasteiger partial charge in [-0.15, -0.1) is 0 Å². The number of rotatable bonds is 6. The molecule has 9 atom stereocenters. The summed E-state index contributed by atoms with van der Waals surface area (Å²) < 4.78 is 5.16. The van der Waals surface area contributed by atoms with E-state index in [1.165, 1.54) is 12.8 Å². The molecule has 4 fully saturated rings. The van der Waals surface area contributed by atoms with Crippen molar-refractivity contribution in [2.24, 2.45) is 52.3 Å². The molecule has 0 saturated heterocycles. The summed E-state index contributed by atoms with van der Waals surface area (Å²) in [5.74, 6) is 3.24. The minimum Gasteiger partial charge on any atom is -0.466 e. The fraction of sp³-hybridized carbons (Fsp3) is 0.893. The van der Waals surface area contributed by atoms with Crippen molar-refractivity contribution in [3.63, 3.8) is 0 Å². The van der Waals surface area contributed by atoms with Crippen molar-refractivity contribution >= 4 is 17.5 Å². The van der Waals surface area contributed by atoms with Crippen molar-refractivity contribution in [3.8, 4) is 0 Å². The number of carbonyl (C=O) groups is 3. The van der Waals surface area contributed by atoms with Crippen molar-refractivity contribution < 1.29 is 19.1 Å². The Kier molecular flexibility index (Phi) is 6.64. The summed E-state index contributed by atoms with van der Waals surface area (Å²) in [6.45, 7) is 11.7. The van der Waals surface area contributed by atoms with E-state index in [0.717, 1.165) is 32.1 Å². The minimum atomic E-state index is -0.0817. The SMILES string of the molecule is CCOC(=O)CC[C@@H](C)C1CCC2C3C(=O)[C@@H](CC)[C@@H]4CC(=O)CC[C@]4(C)C3CC[C@@]21C. The van der Waals surface area contributed by atoms with Gasteiger partial charge in [-0.05, 0) is 92.3 Å². The van der Waals surface area contributed by atoms with Crippen LogP contribution in [-0.4, -0.2) is 24.1 Å². The molecular formula is C28H44O4. The summed E-state index contributed by atoms with van der Waals surface area (Å²) in [4.78, 5) is 38.2. The van der Waals surface area contributed by atoms with E-state index in [1.807, 2.05) is 6.92 Å². The third kappa shape index (κ3) is 3.68. The third-order valence-electron chi connectivity index (χ3n) is 10.8. The lowest BCUT2D eigenvalue weighted by atomic mass is 9.42. The van der Waals surface area contributed by atoms with Gasteiger partial charge in [0.1, 0.15) is 11.6 Å². The normalized spacial score (nSPS) is 44.4. The van der Waals surface area contributed by atoms with Crippen LogP contribution in [0.1, 0.15) is 98.8 Å². The molecule has 4 saturated carbocycles. The van der Waals surface area contributed by atoms with Crippen molar-refractivity contribution in [1.82, 2.24) is 0 Å². The monoisotopic (exact) mass is 444 g/mol. The van der Waals surface area contributed by atoms with Gasteiger partial charge in [-0.1, -0.05) is 27.7 Å². The number of ether oxygens (including phenoxy) is 1. The molecule has 4 heteroatoms. The van der Waals surface area contributed by atoms with Gasteiger partial charge in [-0.3, -0.25) is 14.4 Å². The molecule has 0 radical (unpaired) electrons. The summed E-state index contributed by atoms with van der Waals surface area (Å²) in [6, 6.07) is 0. The van der Waals surface area contributed by atoms with Gasteiger partial charge in [-0.25, -0.2) is 0 Å². The van der Waals surface area contributed by atoms with Gasteiger partial charge in [0.05, 0.1) is 6.61 Å². The molecule has 180 valence electrons. The molecule has 4 rings (SSSR count). The summed E-state index contributed by atoms with van der Waals surface area (Å²) in [5.41, 5.74) is 0.332. The van der Waals surface area contributed by atoms with Gasteiger partial charge in [0, 0.05) is 31.1 Å². The zero-order valence-electron chi connectivity index (χ0n) is 21.0. The molecule has 0 spiro atoms. The van der Waals surface area contributed by atoms with E-state index in [9.17, 15) is 14.4 Å². The first kappa shape index (κ1) is 24.0. The topological polar surface area (TPSA) is 60.4 Å². The van der Waals surface area contributed by atoms with E-state index in [4.69, 9.17) is 4.74 Å². The number of fused-ring (bicyclic) bond motifs is 5. The van der Waals surface area contributed by atoms with Crippen LogP contribution in [0.25, 0.3) is 0 Å². The highest BCUT2D eigenvalue weighted by Crippen LogP contribution is 2.68. The maximum absolute atomic E-state index is 14.0. The standard InChI is InChI=1S/C28H44O4/c1-6-19-23-16-18(29)12-14-28(23,5)22-13-15-27(4)20(9-10-21(27)25(22)26(19)31)17(3)8-11-24(30)32-7-2/h17,19-23,25H,6-16H2,1-5H3/t17-,19+,20?,21?,22?,23+,25?,27-,28-/m1/s1. The molecule has 0 aromatic rings. The van der Waals surface area contributed by atoms with E-state index < -0.39 is 0 Å². The Bertz CT molecular complexity index is 759. The molecule has 0 aromatic heterocycles. The van der Waals surface area contributed by atoms with Crippen LogP contribution >= 0.6 is 0 Å². The lowest BCUT2D eigenvalue weighted by Gasteiger charge is -2.61. The molecular weight excluding hydrogens is 400 g/mol. The molecule has 0 heterocycles. The fourth-order valence-corrected chi connectivity index (χ4v) is 9.20. The van der Waals surface area contributed by atoms with Gasteiger partial charge in [0.2, 0.25) is 0 Å². The maximum Gasteiger partial charge on any atom is 0.305 e. The number of hydrogen-bond acceptors (Lipinski definition) is 4. The number of hydrogen-bond donors (Lipinski definition) is 0. The molecule has 4 nitrogen and oxygen atoms in total. The average molecular weight is 445 g/mol. The van der Waals surface area contributed by atoms with E-state index in [0.29, 0.717) is 61.1 Å². The predicted molar refractivity (Wildman–Crippen MR) is 125 cm³/mol. The lowest BCUT2D eigenvalue weighted by molar-refractivity contribution is -0.169. The van der Waals surface area contributed by atoms with Gasteiger partial charge in [-0.2, -0.15) is 0 Å². The van der Waals surface area contributed by atoms with Gasteiger partial charge < -0.3 is 4.74 Å². The Morgan fingerprint density at radius 3 is 2.44 bits per heavy atom. The van der Waals surface area contributed by atoms with E-state index >= 15 is 0 Å². The van der Waals surface area contributed by atoms with Crippen molar-refractivity contribution in [2.75, 3.05) is 6.61 Å². The van der Waals surface area contributed by atoms with Crippen molar-refractivity contribution in [2.45, 2.75) is 98.8 Å². The average Bonchev–Trinajstić information content (AvgIpc) is 3.11. The second-order valence-corrected chi connectivity index (χ2v) is 12.1. The highest BCUT2D eigenvalue weighted by molar-refractivity contribution is 5.88. The first-order valence-electron chi connectivity index (χ1n) is 13.4. The smallest absolute Gasteiger partial charge is 0.305 e. The summed E-state index contributed by atoms with van der Waals surface area (Å²) in [5, 5.41) is 0. The van der Waals surface area contributed by atoms with Crippen LogP contribution in [0.15, 0.2) is 0 Å². The zero-order chi connectivity index (χ0) is 23.3. The Hall–Kier alpha value is -1.19. The van der Waals surface area contributed by atoms with Crippen LogP contribution in [0, 0.1) is 52.3 Å². The van der Waals surface area contributed by atoms with Gasteiger partial charge in [0.15, 0.2) is 0 Å². The first-order valence-corrected chi connectivity index (χ1v) is 13.4. The van der Waals surface area contributed by atoms with Crippen LogP contribution in [0.5, 0.6) is 0 Å². The largest absolute Gasteiger partial charge is 0.466 e. The van der Waals surface area contributed by atoms with Crippen molar-refractivity contribution in [3.05, 3.63) is 0 Å². The number of esters is 1. The van der Waals surface area contributed by atoms with Crippen LogP contribution in [0.4, 0.5) is 0 Å². The van der Waals surface area contributed by atoms with E-state index in [-0.39, 0.29) is 34.6 Å². The van der Waals surface area contributed by atoms with Crippen LogP contribution in [0.2, 0.25) is 0 Å². The molecule has 0 amide bonds. The summed E-state index contributed by atoms with van der Waals surface area (Å²) in [7, 11) is 0. The summed E-state index contributed by atoms with van der Waals surface area (Å²) in [6.07, 6.45) is 9.20. The Labute approximate surface area is 194 Å². The van der Waals surface area contributed by atoms with Crippen LogP contribution < -0.4 is 0 Å². The van der Waals surface area contributed by atoms with E-state index in [1.54, 1.807) is 0 Å². The maximum atomic E-state index is 14.0. The molecule has 0 aliphatic heterocycles. The highest BCUT2D eigenvalue weighted by atomic mass is 16.5. The molecule has 4 unspecified atom stereocenters. The molecule has 0 bridgehead atoms. The Morgan fingerprint density at radius 2 is 1.75 bits per heavy atom. The predicted octanol–water partition coefficient (Wildman–Crippen LogP) is 6.01. The Morgan fingerprint density at radius 1 is 1.03 bits per heavy atom. The van der Waals surface area contributed by atoms with E-state index in [2.05, 4.69) is 27.7 Å². The van der Waals surface area contributed by atoms with Crippen LogP contribution in [-0.2, 0) is 19.1 Å².